The Labute approximate surface area is 131 Å². The number of nitrogens with one attached hydrogen (secondary N) is 2. The van der Waals surface area contributed by atoms with Crippen LogP contribution < -0.4 is 10.6 Å². The van der Waals surface area contributed by atoms with Crippen LogP contribution in [0, 0.1) is 12.7 Å². The molecule has 0 amide bonds. The molecular formula is C17H23FN4. The van der Waals surface area contributed by atoms with Gasteiger partial charge in [0, 0.05) is 32.0 Å². The van der Waals surface area contributed by atoms with Gasteiger partial charge in [-0.05, 0) is 43.2 Å². The summed E-state index contributed by atoms with van der Waals surface area (Å²) < 4.78 is 15.4. The molecule has 0 aliphatic heterocycles. The number of aryl methyl sites for hydroxylation is 1. The molecule has 1 aromatic carbocycles. The van der Waals surface area contributed by atoms with Gasteiger partial charge >= 0.3 is 0 Å². The van der Waals surface area contributed by atoms with Crippen molar-refractivity contribution in [1.82, 2.24) is 15.2 Å². The van der Waals surface area contributed by atoms with Crippen LogP contribution in [0.1, 0.15) is 18.1 Å². The normalized spacial score (nSPS) is 11.5. The van der Waals surface area contributed by atoms with E-state index in [1.54, 1.807) is 13.0 Å². The molecule has 2 aromatic rings. The zero-order chi connectivity index (χ0) is 15.8. The first-order chi connectivity index (χ1) is 10.7. The molecule has 0 fully saturated rings. The van der Waals surface area contributed by atoms with Crippen molar-refractivity contribution in [3.8, 4) is 0 Å². The van der Waals surface area contributed by atoms with E-state index in [1.807, 2.05) is 37.5 Å². The number of hydrogen-bond donors (Lipinski definition) is 2. The SMILES string of the molecule is CCNC(=NCc1ccc(F)c(C)c1)NCCn1cccc1. The first-order valence-electron chi connectivity index (χ1n) is 7.57. The number of hydrogen-bond acceptors (Lipinski definition) is 1. The van der Waals surface area contributed by atoms with Crippen molar-refractivity contribution in [2.75, 3.05) is 13.1 Å². The van der Waals surface area contributed by atoms with Crippen LogP contribution in [0.2, 0.25) is 0 Å². The fourth-order valence-corrected chi connectivity index (χ4v) is 2.14. The summed E-state index contributed by atoms with van der Waals surface area (Å²) in [6.45, 7) is 6.81. The maximum absolute atomic E-state index is 13.3. The van der Waals surface area contributed by atoms with Crippen molar-refractivity contribution in [3.05, 3.63) is 59.7 Å². The molecule has 0 saturated heterocycles. The molecule has 5 heteroatoms. The molecule has 2 rings (SSSR count). The second kappa shape index (κ2) is 8.22. The third-order valence-corrected chi connectivity index (χ3v) is 3.31. The van der Waals surface area contributed by atoms with Crippen LogP contribution in [0.25, 0.3) is 0 Å². The van der Waals surface area contributed by atoms with Gasteiger partial charge in [0.2, 0.25) is 0 Å². The first kappa shape index (κ1) is 16.1. The highest BCUT2D eigenvalue weighted by Gasteiger charge is 2.00. The Morgan fingerprint density at radius 3 is 2.68 bits per heavy atom. The minimum Gasteiger partial charge on any atom is -0.357 e. The number of guanidine groups is 1. The van der Waals surface area contributed by atoms with Gasteiger partial charge in [0.15, 0.2) is 5.96 Å². The maximum Gasteiger partial charge on any atom is 0.191 e. The summed E-state index contributed by atoms with van der Waals surface area (Å²) in [5.74, 6) is 0.598. The Morgan fingerprint density at radius 2 is 2.00 bits per heavy atom. The second-order valence-corrected chi connectivity index (χ2v) is 5.13. The van der Waals surface area contributed by atoms with Crippen molar-refractivity contribution in [2.45, 2.75) is 26.9 Å². The molecule has 0 aliphatic carbocycles. The van der Waals surface area contributed by atoms with Crippen LogP contribution in [0.15, 0.2) is 47.7 Å². The Hall–Kier alpha value is -2.30. The molecule has 2 N–H and O–H groups in total. The number of halogens is 1. The van der Waals surface area contributed by atoms with E-state index >= 15 is 0 Å². The van der Waals surface area contributed by atoms with Gasteiger partial charge in [-0.3, -0.25) is 0 Å². The predicted molar refractivity (Wildman–Crippen MR) is 88.4 cm³/mol. The van der Waals surface area contributed by atoms with E-state index in [2.05, 4.69) is 20.2 Å². The van der Waals surface area contributed by atoms with Gasteiger partial charge in [-0.25, -0.2) is 9.38 Å². The zero-order valence-corrected chi connectivity index (χ0v) is 13.1. The molecule has 1 heterocycles. The molecular weight excluding hydrogens is 279 g/mol. The second-order valence-electron chi connectivity index (χ2n) is 5.13. The minimum absolute atomic E-state index is 0.176. The van der Waals surface area contributed by atoms with Crippen LogP contribution in [-0.2, 0) is 13.1 Å². The fourth-order valence-electron chi connectivity index (χ4n) is 2.14. The van der Waals surface area contributed by atoms with Crippen LogP contribution in [0.4, 0.5) is 4.39 Å². The molecule has 0 spiro atoms. The molecule has 22 heavy (non-hydrogen) atoms. The Balaban J connectivity index is 1.89. The lowest BCUT2D eigenvalue weighted by Gasteiger charge is -2.12. The average Bonchev–Trinajstić information content (AvgIpc) is 3.01. The Kier molecular flexibility index (Phi) is 6.01. The first-order valence-corrected chi connectivity index (χ1v) is 7.57. The van der Waals surface area contributed by atoms with E-state index in [1.165, 1.54) is 6.07 Å². The van der Waals surface area contributed by atoms with Gasteiger partial charge in [-0.2, -0.15) is 0 Å². The molecule has 0 atom stereocenters. The quantitative estimate of drug-likeness (QED) is 0.636. The van der Waals surface area contributed by atoms with E-state index in [0.29, 0.717) is 12.1 Å². The fraction of sp³-hybridized carbons (Fsp3) is 0.353. The van der Waals surface area contributed by atoms with E-state index in [0.717, 1.165) is 31.2 Å². The van der Waals surface area contributed by atoms with Crippen molar-refractivity contribution in [2.24, 2.45) is 4.99 Å². The lowest BCUT2D eigenvalue weighted by Crippen LogP contribution is -2.38. The van der Waals surface area contributed by atoms with E-state index in [-0.39, 0.29) is 5.82 Å². The van der Waals surface area contributed by atoms with Gasteiger partial charge in [-0.1, -0.05) is 12.1 Å². The topological polar surface area (TPSA) is 41.4 Å². The molecule has 0 bridgehead atoms. The number of aliphatic imine (C=N–C) groups is 1. The summed E-state index contributed by atoms with van der Waals surface area (Å²) in [6, 6.07) is 9.12. The van der Waals surface area contributed by atoms with Gasteiger partial charge < -0.3 is 15.2 Å². The summed E-state index contributed by atoms with van der Waals surface area (Å²) in [5.41, 5.74) is 1.65. The van der Waals surface area contributed by atoms with Crippen LogP contribution in [-0.4, -0.2) is 23.6 Å². The van der Waals surface area contributed by atoms with Crippen LogP contribution in [0.5, 0.6) is 0 Å². The molecule has 0 radical (unpaired) electrons. The smallest absolute Gasteiger partial charge is 0.191 e. The lowest BCUT2D eigenvalue weighted by atomic mass is 10.1. The molecule has 1 aromatic heterocycles. The highest BCUT2D eigenvalue weighted by molar-refractivity contribution is 5.79. The maximum atomic E-state index is 13.3. The van der Waals surface area contributed by atoms with E-state index in [4.69, 9.17) is 0 Å². The van der Waals surface area contributed by atoms with Crippen molar-refractivity contribution in [1.29, 1.82) is 0 Å². The monoisotopic (exact) mass is 302 g/mol. The minimum atomic E-state index is -0.176. The molecule has 0 saturated carbocycles. The predicted octanol–water partition coefficient (Wildman–Crippen LogP) is 2.69. The largest absolute Gasteiger partial charge is 0.357 e. The number of nitrogens with zero attached hydrogens (tertiary/aromatic N) is 2. The van der Waals surface area contributed by atoms with Gasteiger partial charge in [0.1, 0.15) is 5.82 Å². The Bertz CT molecular complexity index is 605. The standard InChI is InChI=1S/C17H23FN4/c1-3-19-17(20-8-11-22-9-4-5-10-22)21-13-15-6-7-16(18)14(2)12-15/h4-7,9-10,12H,3,8,11,13H2,1-2H3,(H2,19,20,21). The molecule has 0 aliphatic rings. The van der Waals surface area contributed by atoms with Crippen molar-refractivity contribution < 1.29 is 4.39 Å². The van der Waals surface area contributed by atoms with Gasteiger partial charge in [0.05, 0.1) is 6.54 Å². The van der Waals surface area contributed by atoms with Gasteiger partial charge in [-0.15, -0.1) is 0 Å². The summed E-state index contributed by atoms with van der Waals surface area (Å²) >= 11 is 0. The summed E-state index contributed by atoms with van der Waals surface area (Å²) in [7, 11) is 0. The number of aromatic nitrogens is 1. The van der Waals surface area contributed by atoms with Crippen LogP contribution in [0.3, 0.4) is 0 Å². The lowest BCUT2D eigenvalue weighted by molar-refractivity contribution is 0.617. The Morgan fingerprint density at radius 1 is 1.23 bits per heavy atom. The highest BCUT2D eigenvalue weighted by Crippen LogP contribution is 2.09. The summed E-state index contributed by atoms with van der Waals surface area (Å²) in [6.07, 6.45) is 4.07. The van der Waals surface area contributed by atoms with Crippen LogP contribution >= 0.6 is 0 Å². The molecule has 118 valence electrons. The zero-order valence-electron chi connectivity index (χ0n) is 13.1. The third-order valence-electron chi connectivity index (χ3n) is 3.31. The van der Waals surface area contributed by atoms with E-state index < -0.39 is 0 Å². The summed E-state index contributed by atoms with van der Waals surface area (Å²) in [5, 5.41) is 6.51. The third kappa shape index (κ3) is 4.91. The molecule has 0 unspecified atom stereocenters. The summed E-state index contributed by atoms with van der Waals surface area (Å²) in [4.78, 5) is 4.54. The highest BCUT2D eigenvalue weighted by atomic mass is 19.1. The number of benzene rings is 1. The van der Waals surface area contributed by atoms with Crippen molar-refractivity contribution in [3.63, 3.8) is 0 Å². The average molecular weight is 302 g/mol. The van der Waals surface area contributed by atoms with Crippen molar-refractivity contribution >= 4 is 5.96 Å². The molecule has 4 nitrogen and oxygen atoms in total. The number of rotatable bonds is 6. The van der Waals surface area contributed by atoms with E-state index in [9.17, 15) is 4.39 Å². The van der Waals surface area contributed by atoms with Gasteiger partial charge in [0.25, 0.3) is 0 Å².